The first-order valence-electron chi connectivity index (χ1n) is 8.27. The number of aromatic nitrogens is 2. The molecule has 0 aliphatic heterocycles. The Labute approximate surface area is 129 Å². The van der Waals surface area contributed by atoms with Gasteiger partial charge in [-0.2, -0.15) is 0 Å². The van der Waals surface area contributed by atoms with Gasteiger partial charge in [-0.15, -0.1) is 0 Å². The van der Waals surface area contributed by atoms with Crippen molar-refractivity contribution in [2.24, 2.45) is 11.8 Å². The second-order valence-electron chi connectivity index (χ2n) is 7.29. The van der Waals surface area contributed by atoms with Crippen LogP contribution in [-0.2, 0) is 5.41 Å². The third kappa shape index (κ3) is 4.32. The molecule has 1 heterocycles. The van der Waals surface area contributed by atoms with Gasteiger partial charge in [0.15, 0.2) is 0 Å². The van der Waals surface area contributed by atoms with Gasteiger partial charge in [0.05, 0.1) is 0 Å². The molecular weight excluding hydrogens is 260 g/mol. The summed E-state index contributed by atoms with van der Waals surface area (Å²) in [6, 6.07) is 2.03. The maximum Gasteiger partial charge on any atom is 0.138 e. The van der Waals surface area contributed by atoms with Crippen LogP contribution in [0.1, 0.15) is 59.7 Å². The molecule has 1 aliphatic carbocycles. The Morgan fingerprint density at radius 2 is 1.81 bits per heavy atom. The molecule has 2 N–H and O–H groups in total. The summed E-state index contributed by atoms with van der Waals surface area (Å²) in [4.78, 5) is 9.34. The summed E-state index contributed by atoms with van der Waals surface area (Å²) in [6.07, 6.45) is 4.07. The molecule has 0 amide bonds. The zero-order valence-electron chi connectivity index (χ0n) is 14.2. The van der Waals surface area contributed by atoms with Crippen LogP contribution in [0.2, 0.25) is 0 Å². The van der Waals surface area contributed by atoms with Crippen molar-refractivity contribution >= 4 is 11.6 Å². The van der Waals surface area contributed by atoms with Crippen molar-refractivity contribution in [1.29, 1.82) is 0 Å². The average Bonchev–Trinajstić information content (AvgIpc) is 2.81. The average molecular weight is 290 g/mol. The third-order valence-corrected chi connectivity index (χ3v) is 4.34. The Morgan fingerprint density at radius 1 is 1.14 bits per heavy atom. The van der Waals surface area contributed by atoms with Crippen molar-refractivity contribution in [3.05, 3.63) is 11.9 Å². The van der Waals surface area contributed by atoms with Gasteiger partial charge < -0.3 is 10.6 Å². The highest BCUT2D eigenvalue weighted by Gasteiger charge is 2.24. The van der Waals surface area contributed by atoms with E-state index in [9.17, 15) is 0 Å². The minimum Gasteiger partial charge on any atom is -0.370 e. The summed E-state index contributed by atoms with van der Waals surface area (Å²) in [7, 11) is 0. The molecule has 0 saturated heterocycles. The van der Waals surface area contributed by atoms with Crippen molar-refractivity contribution in [3.63, 3.8) is 0 Å². The highest BCUT2D eigenvalue weighted by molar-refractivity contribution is 5.48. The maximum atomic E-state index is 4.71. The highest BCUT2D eigenvalue weighted by atomic mass is 15.1. The lowest BCUT2D eigenvalue weighted by Gasteiger charge is -2.21. The van der Waals surface area contributed by atoms with E-state index in [1.165, 1.54) is 19.3 Å². The largest absolute Gasteiger partial charge is 0.370 e. The van der Waals surface area contributed by atoms with E-state index >= 15 is 0 Å². The Bertz CT molecular complexity index is 464. The summed E-state index contributed by atoms with van der Waals surface area (Å²) in [6.45, 7) is 12.8. The molecule has 0 aromatic carbocycles. The number of rotatable bonds is 5. The number of hydrogen-bond donors (Lipinski definition) is 2. The van der Waals surface area contributed by atoms with Gasteiger partial charge in [0.2, 0.25) is 0 Å². The van der Waals surface area contributed by atoms with Gasteiger partial charge >= 0.3 is 0 Å². The lowest BCUT2D eigenvalue weighted by Crippen LogP contribution is -2.21. The second-order valence-corrected chi connectivity index (χ2v) is 7.29. The van der Waals surface area contributed by atoms with Gasteiger partial charge in [0.1, 0.15) is 17.5 Å². The molecule has 0 radical (unpaired) electrons. The van der Waals surface area contributed by atoms with Gasteiger partial charge in [0.25, 0.3) is 0 Å². The predicted molar refractivity (Wildman–Crippen MR) is 89.9 cm³/mol. The van der Waals surface area contributed by atoms with Crippen LogP contribution in [0.25, 0.3) is 0 Å². The fourth-order valence-corrected chi connectivity index (χ4v) is 2.91. The van der Waals surface area contributed by atoms with E-state index in [1.807, 2.05) is 6.07 Å². The molecule has 1 fully saturated rings. The molecule has 1 aromatic rings. The molecule has 2 unspecified atom stereocenters. The smallest absolute Gasteiger partial charge is 0.138 e. The van der Waals surface area contributed by atoms with Crippen molar-refractivity contribution in [3.8, 4) is 0 Å². The molecule has 2 atom stereocenters. The van der Waals surface area contributed by atoms with Gasteiger partial charge in [-0.3, -0.25) is 0 Å². The van der Waals surface area contributed by atoms with E-state index in [0.29, 0.717) is 0 Å². The van der Waals surface area contributed by atoms with Gasteiger partial charge in [-0.05, 0) is 25.2 Å². The molecule has 0 spiro atoms. The van der Waals surface area contributed by atoms with Gasteiger partial charge in [-0.25, -0.2) is 9.97 Å². The fourth-order valence-electron chi connectivity index (χ4n) is 2.91. The molecule has 2 rings (SSSR count). The molecule has 0 bridgehead atoms. The summed E-state index contributed by atoms with van der Waals surface area (Å²) in [5.41, 5.74) is -0.0392. The molecule has 4 heteroatoms. The van der Waals surface area contributed by atoms with Crippen molar-refractivity contribution < 1.29 is 0 Å². The highest BCUT2D eigenvalue weighted by Crippen LogP contribution is 2.31. The molecular formula is C17H30N4. The van der Waals surface area contributed by atoms with E-state index in [0.717, 1.165) is 42.4 Å². The van der Waals surface area contributed by atoms with Crippen LogP contribution in [0.5, 0.6) is 0 Å². The zero-order chi connectivity index (χ0) is 15.5. The Kier molecular flexibility index (Phi) is 5.07. The summed E-state index contributed by atoms with van der Waals surface area (Å²) < 4.78 is 0. The normalized spacial score (nSPS) is 22.3. The molecule has 1 saturated carbocycles. The topological polar surface area (TPSA) is 49.8 Å². The van der Waals surface area contributed by atoms with Gasteiger partial charge in [-0.1, -0.05) is 40.5 Å². The van der Waals surface area contributed by atoms with Crippen LogP contribution in [0, 0.1) is 11.8 Å². The first-order valence-corrected chi connectivity index (χ1v) is 8.27. The first kappa shape index (κ1) is 16.1. The third-order valence-electron chi connectivity index (χ3n) is 4.34. The number of hydrogen-bond acceptors (Lipinski definition) is 4. The zero-order valence-corrected chi connectivity index (χ0v) is 14.2. The van der Waals surface area contributed by atoms with Crippen LogP contribution in [0.3, 0.4) is 0 Å². The van der Waals surface area contributed by atoms with E-state index in [4.69, 9.17) is 4.98 Å². The van der Waals surface area contributed by atoms with Gasteiger partial charge in [0, 0.05) is 24.6 Å². The van der Waals surface area contributed by atoms with E-state index in [1.54, 1.807) is 0 Å². The van der Waals surface area contributed by atoms with E-state index in [2.05, 4.69) is 50.2 Å². The number of nitrogens with zero attached hydrogens (tertiary/aromatic N) is 2. The summed E-state index contributed by atoms with van der Waals surface area (Å²) in [5, 5.41) is 6.84. The second kappa shape index (κ2) is 6.63. The van der Waals surface area contributed by atoms with Crippen molar-refractivity contribution in [1.82, 2.24) is 9.97 Å². The summed E-state index contributed by atoms with van der Waals surface area (Å²) >= 11 is 0. The Morgan fingerprint density at radius 3 is 2.33 bits per heavy atom. The lowest BCUT2D eigenvalue weighted by molar-refractivity contribution is 0.439. The standard InChI is InChI=1S/C17H30N4/c1-6-18-14-10-15(21-16(20-14)17(3,4)5)19-11-13-9-7-8-12(13)2/h10,12-13H,6-9,11H2,1-5H3,(H2,18,19,20,21). The van der Waals surface area contributed by atoms with Crippen LogP contribution in [-0.4, -0.2) is 23.1 Å². The number of anilines is 2. The van der Waals surface area contributed by atoms with E-state index in [-0.39, 0.29) is 5.41 Å². The Balaban J connectivity index is 2.11. The Hall–Kier alpha value is -1.32. The van der Waals surface area contributed by atoms with Crippen LogP contribution in [0.4, 0.5) is 11.6 Å². The predicted octanol–water partition coefficient (Wildman–Crippen LogP) is 4.05. The van der Waals surface area contributed by atoms with Crippen LogP contribution in [0.15, 0.2) is 6.07 Å². The van der Waals surface area contributed by atoms with Crippen LogP contribution >= 0.6 is 0 Å². The molecule has 1 aromatic heterocycles. The van der Waals surface area contributed by atoms with E-state index < -0.39 is 0 Å². The van der Waals surface area contributed by atoms with Crippen molar-refractivity contribution in [2.75, 3.05) is 23.7 Å². The maximum absolute atomic E-state index is 4.71. The molecule has 1 aliphatic rings. The quantitative estimate of drug-likeness (QED) is 0.859. The summed E-state index contributed by atoms with van der Waals surface area (Å²) in [5.74, 6) is 4.36. The molecule has 21 heavy (non-hydrogen) atoms. The SMILES string of the molecule is CCNc1cc(NCC2CCCC2C)nc(C(C)(C)C)n1. The number of nitrogens with one attached hydrogen (secondary N) is 2. The minimum atomic E-state index is -0.0392. The molecule has 118 valence electrons. The van der Waals surface area contributed by atoms with Crippen LogP contribution < -0.4 is 10.6 Å². The first-order chi connectivity index (χ1) is 9.90. The molecule has 4 nitrogen and oxygen atoms in total. The van der Waals surface area contributed by atoms with Crippen molar-refractivity contribution in [2.45, 2.75) is 59.3 Å². The fraction of sp³-hybridized carbons (Fsp3) is 0.765. The lowest BCUT2D eigenvalue weighted by atomic mass is 9.95. The monoisotopic (exact) mass is 290 g/mol. The minimum absolute atomic E-state index is 0.0392.